The van der Waals surface area contributed by atoms with Gasteiger partial charge in [0, 0.05) is 24.2 Å². The molecule has 0 amide bonds. The molecule has 3 nitrogen and oxygen atoms in total. The molecule has 1 rings (SSSR count). The van der Waals surface area contributed by atoms with Gasteiger partial charge >= 0.3 is 0 Å². The summed E-state index contributed by atoms with van der Waals surface area (Å²) in [6.07, 6.45) is 2.03. The van der Waals surface area contributed by atoms with Gasteiger partial charge in [-0.2, -0.15) is 0 Å². The summed E-state index contributed by atoms with van der Waals surface area (Å²) in [5.74, 6) is 0. The van der Waals surface area contributed by atoms with Crippen molar-refractivity contribution in [3.8, 4) is 0 Å². The largest absolute Gasteiger partial charge is 0.374 e. The van der Waals surface area contributed by atoms with Crippen molar-refractivity contribution in [1.82, 2.24) is 10.3 Å². The standard InChI is InChI=1S/C13H24N2OS/c1-7-14-9(2)10-8-15-12(17-10)11(16-6)13(3,4)5/h8-9,11,14H,7H2,1-6H3. The molecule has 1 aromatic rings. The second-order valence-electron chi connectivity index (χ2n) is 5.36. The maximum atomic E-state index is 5.58. The van der Waals surface area contributed by atoms with E-state index in [1.54, 1.807) is 18.4 Å². The topological polar surface area (TPSA) is 34.2 Å². The molecule has 17 heavy (non-hydrogen) atoms. The Hall–Kier alpha value is -0.450. The molecule has 0 radical (unpaired) electrons. The number of aromatic nitrogens is 1. The van der Waals surface area contributed by atoms with Crippen molar-refractivity contribution >= 4 is 11.3 Å². The molecule has 0 aliphatic carbocycles. The molecule has 0 aromatic carbocycles. The average molecular weight is 256 g/mol. The van der Waals surface area contributed by atoms with Gasteiger partial charge in [0.05, 0.1) is 0 Å². The molecule has 1 N–H and O–H groups in total. The summed E-state index contributed by atoms with van der Waals surface area (Å²) in [6.45, 7) is 11.8. The van der Waals surface area contributed by atoms with Crippen molar-refractivity contribution in [2.24, 2.45) is 5.41 Å². The van der Waals surface area contributed by atoms with Gasteiger partial charge in [-0.3, -0.25) is 0 Å². The lowest BCUT2D eigenvalue weighted by molar-refractivity contribution is 0.0150. The molecule has 2 unspecified atom stereocenters. The predicted octanol–water partition coefficient (Wildman–Crippen LogP) is 3.55. The van der Waals surface area contributed by atoms with Gasteiger partial charge < -0.3 is 10.1 Å². The zero-order valence-corrected chi connectivity index (χ0v) is 12.5. The first-order valence-electron chi connectivity index (χ1n) is 6.12. The van der Waals surface area contributed by atoms with Crippen LogP contribution in [0.5, 0.6) is 0 Å². The highest BCUT2D eigenvalue weighted by Gasteiger charge is 2.29. The number of rotatable bonds is 5. The molecule has 4 heteroatoms. The van der Waals surface area contributed by atoms with Crippen LogP contribution < -0.4 is 5.32 Å². The van der Waals surface area contributed by atoms with Crippen molar-refractivity contribution in [2.45, 2.75) is 46.8 Å². The van der Waals surface area contributed by atoms with Gasteiger partial charge in [-0.25, -0.2) is 4.98 Å². The fourth-order valence-corrected chi connectivity index (χ4v) is 3.12. The first-order chi connectivity index (χ1) is 7.90. The highest BCUT2D eigenvalue weighted by molar-refractivity contribution is 7.11. The first-order valence-corrected chi connectivity index (χ1v) is 6.93. The summed E-state index contributed by atoms with van der Waals surface area (Å²) >= 11 is 1.74. The van der Waals surface area contributed by atoms with Gasteiger partial charge in [0.25, 0.3) is 0 Å². The number of thiazole rings is 1. The van der Waals surface area contributed by atoms with Gasteiger partial charge in [-0.1, -0.05) is 27.7 Å². The Bertz CT molecular complexity index is 343. The highest BCUT2D eigenvalue weighted by atomic mass is 32.1. The van der Waals surface area contributed by atoms with Crippen molar-refractivity contribution < 1.29 is 4.74 Å². The SMILES string of the molecule is CCNC(C)c1cnc(C(OC)C(C)(C)C)s1. The minimum Gasteiger partial charge on any atom is -0.374 e. The summed E-state index contributed by atoms with van der Waals surface area (Å²) in [4.78, 5) is 5.78. The molecule has 2 atom stereocenters. The van der Waals surface area contributed by atoms with Crippen LogP contribution in [-0.2, 0) is 4.74 Å². The molecule has 0 aliphatic heterocycles. The third kappa shape index (κ3) is 3.76. The van der Waals surface area contributed by atoms with E-state index in [0.717, 1.165) is 11.6 Å². The fourth-order valence-electron chi connectivity index (χ4n) is 1.85. The third-order valence-corrected chi connectivity index (χ3v) is 3.95. The first kappa shape index (κ1) is 14.6. The Kier molecular flexibility index (Phi) is 5.10. The monoisotopic (exact) mass is 256 g/mol. The third-order valence-electron chi connectivity index (χ3n) is 2.73. The van der Waals surface area contributed by atoms with Crippen LogP contribution in [0.2, 0.25) is 0 Å². The van der Waals surface area contributed by atoms with E-state index < -0.39 is 0 Å². The second-order valence-corrected chi connectivity index (χ2v) is 6.46. The van der Waals surface area contributed by atoms with Crippen molar-refractivity contribution in [1.29, 1.82) is 0 Å². The Morgan fingerprint density at radius 1 is 1.47 bits per heavy atom. The van der Waals surface area contributed by atoms with E-state index in [4.69, 9.17) is 4.74 Å². The summed E-state index contributed by atoms with van der Waals surface area (Å²) in [7, 11) is 1.75. The molecule has 0 aliphatic rings. The fraction of sp³-hybridized carbons (Fsp3) is 0.769. The van der Waals surface area contributed by atoms with Crippen LogP contribution in [0.3, 0.4) is 0 Å². The lowest BCUT2D eigenvalue weighted by atomic mass is 9.89. The Labute approximate surface area is 109 Å². The number of ether oxygens (including phenoxy) is 1. The lowest BCUT2D eigenvalue weighted by Crippen LogP contribution is -2.19. The van der Waals surface area contributed by atoms with E-state index in [2.05, 4.69) is 44.9 Å². The van der Waals surface area contributed by atoms with Crippen molar-refractivity contribution in [3.05, 3.63) is 16.1 Å². The van der Waals surface area contributed by atoms with E-state index in [-0.39, 0.29) is 11.5 Å². The molecule has 1 heterocycles. The van der Waals surface area contributed by atoms with Gasteiger partial charge in [0.15, 0.2) is 0 Å². The quantitative estimate of drug-likeness (QED) is 0.875. The van der Waals surface area contributed by atoms with Gasteiger partial charge in [-0.15, -0.1) is 11.3 Å². The predicted molar refractivity (Wildman–Crippen MR) is 73.4 cm³/mol. The Morgan fingerprint density at radius 3 is 2.59 bits per heavy atom. The van der Waals surface area contributed by atoms with E-state index in [9.17, 15) is 0 Å². The minimum absolute atomic E-state index is 0.0649. The molecule has 0 spiro atoms. The van der Waals surface area contributed by atoms with Crippen LogP contribution in [0.25, 0.3) is 0 Å². The molecule has 0 saturated heterocycles. The van der Waals surface area contributed by atoms with Crippen molar-refractivity contribution in [2.75, 3.05) is 13.7 Å². The zero-order chi connectivity index (χ0) is 13.1. The van der Waals surface area contributed by atoms with Crippen LogP contribution in [0.4, 0.5) is 0 Å². The molecule has 98 valence electrons. The zero-order valence-electron chi connectivity index (χ0n) is 11.7. The molecule has 0 saturated carbocycles. The molecule has 1 aromatic heterocycles. The van der Waals surface area contributed by atoms with Gasteiger partial charge in [0.2, 0.25) is 0 Å². The van der Waals surface area contributed by atoms with Crippen molar-refractivity contribution in [3.63, 3.8) is 0 Å². The number of nitrogens with one attached hydrogen (secondary N) is 1. The van der Waals surface area contributed by atoms with E-state index >= 15 is 0 Å². The smallest absolute Gasteiger partial charge is 0.122 e. The van der Waals surface area contributed by atoms with Crippen LogP contribution >= 0.6 is 11.3 Å². The number of methoxy groups -OCH3 is 1. The lowest BCUT2D eigenvalue weighted by Gasteiger charge is -2.27. The summed E-state index contributed by atoms with van der Waals surface area (Å²) in [5.41, 5.74) is 0.0747. The van der Waals surface area contributed by atoms with Gasteiger partial charge in [-0.05, 0) is 18.9 Å². The summed E-state index contributed by atoms with van der Waals surface area (Å²) < 4.78 is 5.58. The second kappa shape index (κ2) is 5.94. The molecular formula is C13H24N2OS. The normalized spacial score (nSPS) is 15.9. The maximum absolute atomic E-state index is 5.58. The highest BCUT2D eigenvalue weighted by Crippen LogP contribution is 2.38. The van der Waals surface area contributed by atoms with E-state index in [1.807, 2.05) is 6.20 Å². The number of nitrogens with zero attached hydrogens (tertiary/aromatic N) is 1. The maximum Gasteiger partial charge on any atom is 0.122 e. The van der Waals surface area contributed by atoms with Crippen LogP contribution in [0.15, 0.2) is 6.20 Å². The van der Waals surface area contributed by atoms with Crippen LogP contribution in [0.1, 0.15) is 56.6 Å². The van der Waals surface area contributed by atoms with Crippen LogP contribution in [-0.4, -0.2) is 18.6 Å². The molecule has 0 fully saturated rings. The number of hydrogen-bond acceptors (Lipinski definition) is 4. The van der Waals surface area contributed by atoms with Gasteiger partial charge in [0.1, 0.15) is 11.1 Å². The minimum atomic E-state index is 0.0649. The van der Waals surface area contributed by atoms with Crippen LogP contribution in [0, 0.1) is 5.41 Å². The Balaban J connectivity index is 2.86. The summed E-state index contributed by atoms with van der Waals surface area (Å²) in [6, 6.07) is 0.365. The average Bonchev–Trinajstić information content (AvgIpc) is 2.66. The Morgan fingerprint density at radius 2 is 2.12 bits per heavy atom. The van der Waals surface area contributed by atoms with E-state index in [0.29, 0.717) is 6.04 Å². The molecule has 0 bridgehead atoms. The van der Waals surface area contributed by atoms with E-state index in [1.165, 1.54) is 4.88 Å². The number of hydrogen-bond donors (Lipinski definition) is 1. The molecular weight excluding hydrogens is 232 g/mol. The summed E-state index contributed by atoms with van der Waals surface area (Å²) in [5, 5.41) is 4.47.